The summed E-state index contributed by atoms with van der Waals surface area (Å²) in [6.45, 7) is 4.30. The van der Waals surface area contributed by atoms with Gasteiger partial charge in [-0.1, -0.05) is 12.1 Å². The van der Waals surface area contributed by atoms with E-state index in [2.05, 4.69) is 21.8 Å². The Morgan fingerprint density at radius 3 is 2.78 bits per heavy atom. The second kappa shape index (κ2) is 4.53. The molecule has 0 aliphatic carbocycles. The maximum atomic E-state index is 12.0. The number of likely N-dealkylation sites (tertiary alicyclic amines) is 1. The van der Waals surface area contributed by atoms with Crippen molar-refractivity contribution in [1.29, 1.82) is 0 Å². The molecule has 1 saturated heterocycles. The van der Waals surface area contributed by atoms with Crippen molar-refractivity contribution in [3.8, 4) is 0 Å². The Morgan fingerprint density at radius 2 is 2.00 bits per heavy atom. The molecular weight excluding hydrogens is 226 g/mol. The van der Waals surface area contributed by atoms with Crippen LogP contribution in [0.3, 0.4) is 0 Å². The predicted molar refractivity (Wildman–Crippen MR) is 71.6 cm³/mol. The van der Waals surface area contributed by atoms with Gasteiger partial charge in [-0.2, -0.15) is 0 Å². The monoisotopic (exact) mass is 243 g/mol. The van der Waals surface area contributed by atoms with Gasteiger partial charge in [-0.3, -0.25) is 9.69 Å². The summed E-state index contributed by atoms with van der Waals surface area (Å²) in [7, 11) is 0. The molecule has 94 valence electrons. The molecule has 1 aromatic heterocycles. The van der Waals surface area contributed by atoms with Crippen LogP contribution in [0.25, 0.3) is 10.9 Å². The van der Waals surface area contributed by atoms with Crippen molar-refractivity contribution in [2.75, 3.05) is 13.1 Å². The summed E-state index contributed by atoms with van der Waals surface area (Å²) in [5.74, 6) is 0.778. The summed E-state index contributed by atoms with van der Waals surface area (Å²) in [6, 6.07) is 7.67. The van der Waals surface area contributed by atoms with Crippen molar-refractivity contribution >= 4 is 10.9 Å². The lowest BCUT2D eigenvalue weighted by Crippen LogP contribution is -2.27. The molecule has 1 fully saturated rings. The highest BCUT2D eigenvalue weighted by Crippen LogP contribution is 2.22. The maximum Gasteiger partial charge on any atom is 0.258 e. The molecule has 0 unspecified atom stereocenters. The summed E-state index contributed by atoms with van der Waals surface area (Å²) in [5.41, 5.74) is 0.740. The number of aromatic amines is 1. The molecule has 0 amide bonds. The highest BCUT2D eigenvalue weighted by molar-refractivity contribution is 5.77. The van der Waals surface area contributed by atoms with Gasteiger partial charge in [0.1, 0.15) is 5.82 Å². The van der Waals surface area contributed by atoms with Gasteiger partial charge in [0.25, 0.3) is 5.56 Å². The van der Waals surface area contributed by atoms with E-state index < -0.39 is 0 Å². The van der Waals surface area contributed by atoms with Crippen molar-refractivity contribution in [3.63, 3.8) is 0 Å². The Balaban J connectivity index is 2.04. The standard InChI is InChI=1S/C14H17N3O/c1-10(17-8-4-5-9-17)13-15-12-7-3-2-6-11(12)14(18)16-13/h2-3,6-7,10H,4-5,8-9H2,1H3,(H,15,16,18)/t10-/m0/s1. The molecule has 3 rings (SSSR count). The largest absolute Gasteiger partial charge is 0.309 e. The third kappa shape index (κ3) is 1.93. The molecule has 0 bridgehead atoms. The van der Waals surface area contributed by atoms with E-state index in [1.54, 1.807) is 0 Å². The zero-order chi connectivity index (χ0) is 12.5. The molecule has 2 heterocycles. The van der Waals surface area contributed by atoms with Crippen LogP contribution < -0.4 is 5.56 Å². The van der Waals surface area contributed by atoms with Crippen LogP contribution >= 0.6 is 0 Å². The Morgan fingerprint density at radius 1 is 1.28 bits per heavy atom. The van der Waals surface area contributed by atoms with Crippen LogP contribution in [0.4, 0.5) is 0 Å². The second-order valence-electron chi connectivity index (χ2n) is 4.89. The van der Waals surface area contributed by atoms with Gasteiger partial charge in [0.15, 0.2) is 0 Å². The van der Waals surface area contributed by atoms with Crippen LogP contribution in [-0.2, 0) is 0 Å². The molecule has 0 radical (unpaired) electrons. The highest BCUT2D eigenvalue weighted by Gasteiger charge is 2.21. The number of nitrogens with zero attached hydrogens (tertiary/aromatic N) is 2. The van der Waals surface area contributed by atoms with Gasteiger partial charge in [-0.05, 0) is 45.0 Å². The van der Waals surface area contributed by atoms with Crippen molar-refractivity contribution in [3.05, 3.63) is 40.4 Å². The molecule has 1 aromatic carbocycles. The zero-order valence-electron chi connectivity index (χ0n) is 10.5. The fourth-order valence-corrected chi connectivity index (χ4v) is 2.60. The quantitative estimate of drug-likeness (QED) is 0.878. The summed E-state index contributed by atoms with van der Waals surface area (Å²) in [4.78, 5) is 21.9. The first-order chi connectivity index (χ1) is 8.75. The summed E-state index contributed by atoms with van der Waals surface area (Å²) in [5, 5.41) is 0.662. The molecular formula is C14H17N3O. The summed E-state index contributed by atoms with van der Waals surface area (Å²) in [6.07, 6.45) is 2.48. The van der Waals surface area contributed by atoms with E-state index in [4.69, 9.17) is 0 Å². The molecule has 0 saturated carbocycles. The number of para-hydroxylation sites is 1. The van der Waals surface area contributed by atoms with Gasteiger partial charge in [-0.25, -0.2) is 4.98 Å². The predicted octanol–water partition coefficient (Wildman–Crippen LogP) is 2.08. The highest BCUT2D eigenvalue weighted by atomic mass is 16.1. The fourth-order valence-electron chi connectivity index (χ4n) is 2.60. The van der Waals surface area contributed by atoms with Gasteiger partial charge in [0, 0.05) is 0 Å². The minimum atomic E-state index is -0.0401. The third-order valence-electron chi connectivity index (χ3n) is 3.72. The SMILES string of the molecule is C[C@@H](c1nc2ccccc2c(=O)[nH]1)N1CCCC1. The lowest BCUT2D eigenvalue weighted by Gasteiger charge is -2.22. The van der Waals surface area contributed by atoms with E-state index >= 15 is 0 Å². The van der Waals surface area contributed by atoms with E-state index in [9.17, 15) is 4.79 Å². The summed E-state index contributed by atoms with van der Waals surface area (Å²) < 4.78 is 0. The topological polar surface area (TPSA) is 49.0 Å². The van der Waals surface area contributed by atoms with Crippen LogP contribution in [0.2, 0.25) is 0 Å². The average molecular weight is 243 g/mol. The molecule has 2 aromatic rings. The fraction of sp³-hybridized carbons (Fsp3) is 0.429. The van der Waals surface area contributed by atoms with Crippen LogP contribution in [0.1, 0.15) is 31.6 Å². The number of benzene rings is 1. The van der Waals surface area contributed by atoms with Gasteiger partial charge < -0.3 is 4.98 Å². The molecule has 1 N–H and O–H groups in total. The van der Waals surface area contributed by atoms with E-state index in [-0.39, 0.29) is 11.6 Å². The molecule has 4 heteroatoms. The number of rotatable bonds is 2. The molecule has 1 aliphatic rings. The lowest BCUT2D eigenvalue weighted by molar-refractivity contribution is 0.253. The third-order valence-corrected chi connectivity index (χ3v) is 3.72. The first-order valence-electron chi connectivity index (χ1n) is 6.49. The molecule has 0 spiro atoms. The van der Waals surface area contributed by atoms with Crippen LogP contribution in [-0.4, -0.2) is 28.0 Å². The van der Waals surface area contributed by atoms with Crippen LogP contribution in [0, 0.1) is 0 Å². The Bertz CT molecular complexity index is 614. The zero-order valence-corrected chi connectivity index (χ0v) is 10.5. The lowest BCUT2D eigenvalue weighted by atomic mass is 10.2. The minimum Gasteiger partial charge on any atom is -0.309 e. The molecule has 1 atom stereocenters. The first kappa shape index (κ1) is 11.4. The number of hydrogen-bond donors (Lipinski definition) is 1. The van der Waals surface area contributed by atoms with Crippen molar-refractivity contribution in [2.24, 2.45) is 0 Å². The average Bonchev–Trinajstić information content (AvgIpc) is 2.91. The van der Waals surface area contributed by atoms with E-state index in [1.165, 1.54) is 12.8 Å². The van der Waals surface area contributed by atoms with Crippen molar-refractivity contribution in [2.45, 2.75) is 25.8 Å². The van der Waals surface area contributed by atoms with E-state index in [1.807, 2.05) is 24.3 Å². The maximum absolute atomic E-state index is 12.0. The van der Waals surface area contributed by atoms with E-state index in [0.29, 0.717) is 5.39 Å². The Labute approximate surface area is 106 Å². The second-order valence-corrected chi connectivity index (χ2v) is 4.89. The minimum absolute atomic E-state index is 0.0401. The smallest absolute Gasteiger partial charge is 0.258 e. The van der Waals surface area contributed by atoms with E-state index in [0.717, 1.165) is 24.4 Å². The number of H-pyrrole nitrogens is 1. The Hall–Kier alpha value is -1.68. The van der Waals surface area contributed by atoms with Crippen molar-refractivity contribution < 1.29 is 0 Å². The first-order valence-corrected chi connectivity index (χ1v) is 6.49. The Kier molecular flexibility index (Phi) is 2.88. The number of fused-ring (bicyclic) bond motifs is 1. The normalized spacial score (nSPS) is 18.3. The van der Waals surface area contributed by atoms with Crippen LogP contribution in [0.15, 0.2) is 29.1 Å². The van der Waals surface area contributed by atoms with Gasteiger partial charge in [0.05, 0.1) is 16.9 Å². The van der Waals surface area contributed by atoms with Gasteiger partial charge in [0.2, 0.25) is 0 Å². The van der Waals surface area contributed by atoms with Crippen LogP contribution in [0.5, 0.6) is 0 Å². The number of nitrogens with one attached hydrogen (secondary N) is 1. The van der Waals surface area contributed by atoms with Gasteiger partial charge >= 0.3 is 0 Å². The molecule has 4 nitrogen and oxygen atoms in total. The number of aromatic nitrogens is 2. The molecule has 18 heavy (non-hydrogen) atoms. The van der Waals surface area contributed by atoms with Crippen molar-refractivity contribution in [1.82, 2.24) is 14.9 Å². The summed E-state index contributed by atoms with van der Waals surface area (Å²) >= 11 is 0. The number of hydrogen-bond acceptors (Lipinski definition) is 3. The van der Waals surface area contributed by atoms with Gasteiger partial charge in [-0.15, -0.1) is 0 Å². The molecule has 1 aliphatic heterocycles.